The van der Waals surface area contributed by atoms with Crippen molar-refractivity contribution in [2.24, 2.45) is 0 Å². The lowest BCUT2D eigenvalue weighted by molar-refractivity contribution is 0.146. The lowest BCUT2D eigenvalue weighted by Gasteiger charge is -2.19. The minimum Gasteiger partial charge on any atom is -0.479 e. The molecule has 3 heterocycles. The quantitative estimate of drug-likeness (QED) is 0.558. The number of allylic oxidation sites excluding steroid dienone is 1. The molecule has 4 rings (SSSR count). The second-order valence-electron chi connectivity index (χ2n) is 7.65. The number of ether oxygens (including phenoxy) is 1. The van der Waals surface area contributed by atoms with Gasteiger partial charge in [-0.2, -0.15) is 0 Å². The van der Waals surface area contributed by atoms with E-state index >= 15 is 0 Å². The second-order valence-corrected chi connectivity index (χ2v) is 9.87. The van der Waals surface area contributed by atoms with Crippen molar-refractivity contribution in [3.8, 4) is 5.88 Å². The van der Waals surface area contributed by atoms with Gasteiger partial charge >= 0.3 is 0 Å². The van der Waals surface area contributed by atoms with Crippen molar-refractivity contribution in [2.45, 2.75) is 25.8 Å². The van der Waals surface area contributed by atoms with Crippen LogP contribution in [-0.2, 0) is 9.84 Å². The number of halogens is 3. The summed E-state index contributed by atoms with van der Waals surface area (Å²) in [7, 11) is -1.67. The summed E-state index contributed by atoms with van der Waals surface area (Å²) in [6.45, 7) is 1.63. The van der Waals surface area contributed by atoms with Crippen LogP contribution in [0.1, 0.15) is 42.6 Å². The molecule has 3 aromatic rings. The Morgan fingerprint density at radius 3 is 2.61 bits per heavy atom. The maximum atomic E-state index is 14.6. The number of fused-ring (bicyclic) bond motifs is 1. The van der Waals surface area contributed by atoms with Gasteiger partial charge < -0.3 is 10.1 Å². The number of pyridine rings is 1. The standard InChI is InChI=1S/C22H21F3N4O3S/c1-12(14-4-3-5-15(18(14)23)20(24)25)28-21-16-10-17(13-6-8-33(30,31)9-7-13)29-22(32-2)19(16)26-11-27-21/h3-6,10-12,20H,7-9H2,1-2H3,(H,26,27,28)/t12-/m1/s1. The molecule has 0 fully saturated rings. The summed E-state index contributed by atoms with van der Waals surface area (Å²) in [5, 5.41) is 3.59. The zero-order valence-corrected chi connectivity index (χ0v) is 18.7. The minimum atomic E-state index is -3.11. The summed E-state index contributed by atoms with van der Waals surface area (Å²) in [6, 6.07) is 4.89. The summed E-state index contributed by atoms with van der Waals surface area (Å²) in [5.74, 6) is -0.466. The number of anilines is 1. The Hall–Kier alpha value is -3.21. The molecule has 0 spiro atoms. The second kappa shape index (κ2) is 8.97. The van der Waals surface area contributed by atoms with Crippen molar-refractivity contribution in [1.82, 2.24) is 15.0 Å². The molecule has 11 heteroatoms. The molecular formula is C22H21F3N4O3S. The zero-order valence-electron chi connectivity index (χ0n) is 17.8. The molecule has 1 aliphatic rings. The van der Waals surface area contributed by atoms with E-state index in [-0.39, 0.29) is 22.9 Å². The Morgan fingerprint density at radius 1 is 1.18 bits per heavy atom. The third kappa shape index (κ3) is 4.63. The van der Waals surface area contributed by atoms with Crippen LogP contribution in [-0.4, -0.2) is 42.0 Å². The molecule has 1 aromatic carbocycles. The number of nitrogens with one attached hydrogen (secondary N) is 1. The van der Waals surface area contributed by atoms with Crippen LogP contribution in [0.4, 0.5) is 19.0 Å². The molecule has 174 valence electrons. The molecule has 1 aliphatic heterocycles. The first kappa shape index (κ1) is 23.0. The van der Waals surface area contributed by atoms with Crippen molar-refractivity contribution in [3.05, 3.63) is 59.3 Å². The predicted molar refractivity (Wildman–Crippen MR) is 119 cm³/mol. The average molecular weight is 478 g/mol. The van der Waals surface area contributed by atoms with Crippen LogP contribution >= 0.6 is 0 Å². The minimum absolute atomic E-state index is 0.0219. The number of methoxy groups -OCH3 is 1. The molecule has 0 saturated heterocycles. The van der Waals surface area contributed by atoms with Gasteiger partial charge in [0.25, 0.3) is 6.43 Å². The van der Waals surface area contributed by atoms with Crippen LogP contribution in [0, 0.1) is 5.82 Å². The first-order valence-corrected chi connectivity index (χ1v) is 11.9. The fourth-order valence-corrected chi connectivity index (χ4v) is 4.87. The highest BCUT2D eigenvalue weighted by atomic mass is 32.2. The van der Waals surface area contributed by atoms with E-state index in [1.165, 1.54) is 25.6 Å². The van der Waals surface area contributed by atoms with E-state index in [2.05, 4.69) is 20.3 Å². The summed E-state index contributed by atoms with van der Waals surface area (Å²) in [5.41, 5.74) is 1.08. The molecular weight excluding hydrogens is 457 g/mol. The first-order chi connectivity index (χ1) is 15.7. The fraction of sp³-hybridized carbons (Fsp3) is 0.318. The van der Waals surface area contributed by atoms with Crippen molar-refractivity contribution >= 4 is 32.1 Å². The molecule has 0 aliphatic carbocycles. The van der Waals surface area contributed by atoms with Gasteiger partial charge in [-0.05, 0) is 25.0 Å². The van der Waals surface area contributed by atoms with Gasteiger partial charge in [-0.1, -0.05) is 24.3 Å². The SMILES string of the molecule is COc1nc(C2=CCS(=O)(=O)CC2)cc2c(N[C@H](C)c3cccc(C(F)F)c3F)ncnc12. The molecule has 0 amide bonds. The third-order valence-corrected chi connectivity index (χ3v) is 6.99. The van der Waals surface area contributed by atoms with E-state index in [9.17, 15) is 21.6 Å². The smallest absolute Gasteiger partial charge is 0.266 e. The maximum absolute atomic E-state index is 14.6. The zero-order chi connectivity index (χ0) is 23.8. The van der Waals surface area contributed by atoms with Gasteiger partial charge in [-0.3, -0.25) is 0 Å². The highest BCUT2D eigenvalue weighted by Crippen LogP contribution is 2.34. The molecule has 1 atom stereocenters. The van der Waals surface area contributed by atoms with Gasteiger partial charge in [0.1, 0.15) is 23.5 Å². The van der Waals surface area contributed by atoms with Gasteiger partial charge in [-0.25, -0.2) is 36.5 Å². The molecule has 1 N–H and O–H groups in total. The number of aromatic nitrogens is 3. The van der Waals surface area contributed by atoms with Crippen LogP contribution in [0.25, 0.3) is 16.5 Å². The molecule has 0 radical (unpaired) electrons. The highest BCUT2D eigenvalue weighted by Gasteiger charge is 2.23. The van der Waals surface area contributed by atoms with Crippen LogP contribution < -0.4 is 10.1 Å². The van der Waals surface area contributed by atoms with Crippen molar-refractivity contribution in [1.29, 1.82) is 0 Å². The molecule has 7 nitrogen and oxygen atoms in total. The molecule has 0 bridgehead atoms. The van der Waals surface area contributed by atoms with Crippen molar-refractivity contribution in [2.75, 3.05) is 23.9 Å². The van der Waals surface area contributed by atoms with Gasteiger partial charge in [0, 0.05) is 5.56 Å². The van der Waals surface area contributed by atoms with Gasteiger partial charge in [0.2, 0.25) is 5.88 Å². The Kier molecular flexibility index (Phi) is 6.24. The molecule has 0 unspecified atom stereocenters. The van der Waals surface area contributed by atoms with Crippen LogP contribution in [0.2, 0.25) is 0 Å². The molecule has 0 saturated carbocycles. The first-order valence-electron chi connectivity index (χ1n) is 10.1. The van der Waals surface area contributed by atoms with E-state index in [1.807, 2.05) is 0 Å². The maximum Gasteiger partial charge on any atom is 0.266 e. The summed E-state index contributed by atoms with van der Waals surface area (Å²) in [6.07, 6.45) is 0.293. The van der Waals surface area contributed by atoms with Crippen molar-refractivity contribution in [3.63, 3.8) is 0 Å². The lowest BCUT2D eigenvalue weighted by Crippen LogP contribution is -2.15. The summed E-state index contributed by atoms with van der Waals surface area (Å²) in [4.78, 5) is 13.0. The van der Waals surface area contributed by atoms with Gasteiger partial charge in [0.05, 0.1) is 41.3 Å². The summed E-state index contributed by atoms with van der Waals surface area (Å²) >= 11 is 0. The summed E-state index contributed by atoms with van der Waals surface area (Å²) < 4.78 is 69.8. The van der Waals surface area contributed by atoms with Crippen LogP contribution in [0.5, 0.6) is 5.88 Å². The number of alkyl halides is 2. The predicted octanol–water partition coefficient (Wildman–Crippen LogP) is 4.49. The van der Waals surface area contributed by atoms with Gasteiger partial charge in [-0.15, -0.1) is 0 Å². The van der Waals surface area contributed by atoms with E-state index < -0.39 is 33.7 Å². The number of sulfone groups is 1. The van der Waals surface area contributed by atoms with E-state index in [4.69, 9.17) is 4.74 Å². The molecule has 33 heavy (non-hydrogen) atoms. The highest BCUT2D eigenvalue weighted by molar-refractivity contribution is 7.91. The Morgan fingerprint density at radius 2 is 1.94 bits per heavy atom. The number of hydrogen-bond donors (Lipinski definition) is 1. The van der Waals surface area contributed by atoms with E-state index in [0.29, 0.717) is 28.8 Å². The van der Waals surface area contributed by atoms with Crippen molar-refractivity contribution < 1.29 is 26.3 Å². The topological polar surface area (TPSA) is 94.1 Å². The Bertz CT molecular complexity index is 1350. The number of hydrogen-bond acceptors (Lipinski definition) is 7. The number of benzene rings is 1. The van der Waals surface area contributed by atoms with E-state index in [1.54, 1.807) is 19.1 Å². The van der Waals surface area contributed by atoms with Crippen LogP contribution in [0.3, 0.4) is 0 Å². The Labute approximate surface area is 188 Å². The normalized spacial score (nSPS) is 16.5. The number of rotatable bonds is 6. The average Bonchev–Trinajstić information content (AvgIpc) is 2.78. The van der Waals surface area contributed by atoms with Gasteiger partial charge in [0.15, 0.2) is 9.84 Å². The third-order valence-electron chi connectivity index (χ3n) is 5.49. The largest absolute Gasteiger partial charge is 0.479 e. The Balaban J connectivity index is 1.76. The monoisotopic (exact) mass is 478 g/mol. The number of nitrogens with zero attached hydrogens (tertiary/aromatic N) is 3. The molecule has 2 aromatic heterocycles. The van der Waals surface area contributed by atoms with E-state index in [0.717, 1.165) is 11.6 Å². The van der Waals surface area contributed by atoms with Crippen LogP contribution in [0.15, 0.2) is 36.7 Å². The fourth-order valence-electron chi connectivity index (χ4n) is 3.72. The lowest BCUT2D eigenvalue weighted by atomic mass is 10.0.